The van der Waals surface area contributed by atoms with E-state index in [1.807, 2.05) is 37.5 Å². The van der Waals surface area contributed by atoms with Crippen LogP contribution in [0.1, 0.15) is 16.8 Å². The van der Waals surface area contributed by atoms with Gasteiger partial charge < -0.3 is 9.72 Å². The van der Waals surface area contributed by atoms with Crippen LogP contribution in [0, 0.1) is 12.7 Å². The first-order chi connectivity index (χ1) is 9.75. The lowest BCUT2D eigenvalue weighted by Gasteiger charge is -2.06. The molecule has 20 heavy (non-hydrogen) atoms. The Hall–Kier alpha value is -2.20. The van der Waals surface area contributed by atoms with Gasteiger partial charge in [0.2, 0.25) is 0 Å². The normalized spacial score (nSPS) is 11.1. The van der Waals surface area contributed by atoms with Crippen LogP contribution in [0.15, 0.2) is 48.8 Å². The third-order valence-corrected chi connectivity index (χ3v) is 3.39. The minimum atomic E-state index is -0.172. The quantitative estimate of drug-likeness (QED) is 0.788. The van der Waals surface area contributed by atoms with Crippen LogP contribution >= 0.6 is 0 Å². The van der Waals surface area contributed by atoms with Crippen molar-refractivity contribution in [2.75, 3.05) is 0 Å². The van der Waals surface area contributed by atoms with E-state index in [9.17, 15) is 4.39 Å². The largest absolute Gasteiger partial charge is 0.307 e. The third-order valence-electron chi connectivity index (χ3n) is 3.39. The molecule has 4 heteroatoms. The van der Waals surface area contributed by atoms with E-state index in [4.69, 9.17) is 0 Å². The fraction of sp³-hybridized carbons (Fsp3) is 0.188. The van der Waals surface area contributed by atoms with Gasteiger partial charge in [0.1, 0.15) is 11.5 Å². The van der Waals surface area contributed by atoms with E-state index in [0.29, 0.717) is 18.7 Å². The number of halogens is 1. The number of benzene rings is 1. The van der Waals surface area contributed by atoms with Crippen molar-refractivity contribution in [2.45, 2.75) is 20.0 Å². The van der Waals surface area contributed by atoms with Gasteiger partial charge in [0.25, 0.3) is 0 Å². The van der Waals surface area contributed by atoms with Crippen molar-refractivity contribution in [3.8, 4) is 0 Å². The molecule has 0 saturated heterocycles. The van der Waals surface area contributed by atoms with Gasteiger partial charge in [-0.2, -0.15) is 0 Å². The molecule has 0 spiro atoms. The molecule has 0 fully saturated rings. The molecule has 0 aliphatic carbocycles. The highest BCUT2D eigenvalue weighted by Crippen LogP contribution is 2.11. The van der Waals surface area contributed by atoms with E-state index in [1.54, 1.807) is 12.1 Å². The predicted molar refractivity (Wildman–Crippen MR) is 76.9 cm³/mol. The summed E-state index contributed by atoms with van der Waals surface area (Å²) in [6.07, 6.45) is 3.85. The van der Waals surface area contributed by atoms with Gasteiger partial charge in [0, 0.05) is 24.8 Å². The first kappa shape index (κ1) is 12.8. The molecule has 1 N–H and O–H groups in total. The van der Waals surface area contributed by atoms with Crippen LogP contribution < -0.4 is 5.32 Å². The standard InChI is InChI=1S/C16H16FN3/c1-12-5-4-8-20-14(11-19-16(12)20)10-18-9-13-6-2-3-7-15(13)17/h2-8,11,18H,9-10H2,1H3. The molecule has 0 amide bonds. The summed E-state index contributed by atoms with van der Waals surface area (Å²) in [5.41, 5.74) is 3.86. The van der Waals surface area contributed by atoms with E-state index in [0.717, 1.165) is 16.9 Å². The van der Waals surface area contributed by atoms with Crippen LogP contribution in [0.25, 0.3) is 5.65 Å². The smallest absolute Gasteiger partial charge is 0.139 e. The van der Waals surface area contributed by atoms with Gasteiger partial charge in [-0.15, -0.1) is 0 Å². The molecule has 0 atom stereocenters. The first-order valence-corrected chi connectivity index (χ1v) is 6.61. The molecule has 0 unspecified atom stereocenters. The lowest BCUT2D eigenvalue weighted by Crippen LogP contribution is -2.15. The van der Waals surface area contributed by atoms with Gasteiger partial charge in [-0.25, -0.2) is 9.37 Å². The van der Waals surface area contributed by atoms with Gasteiger partial charge in [0.15, 0.2) is 0 Å². The minimum Gasteiger partial charge on any atom is -0.307 e. The van der Waals surface area contributed by atoms with Crippen LogP contribution in [0.5, 0.6) is 0 Å². The van der Waals surface area contributed by atoms with Crippen LogP contribution in [-0.2, 0) is 13.1 Å². The lowest BCUT2D eigenvalue weighted by molar-refractivity contribution is 0.585. The summed E-state index contributed by atoms with van der Waals surface area (Å²) in [6.45, 7) is 3.20. The molecule has 3 aromatic rings. The number of hydrogen-bond acceptors (Lipinski definition) is 2. The number of imidazole rings is 1. The van der Waals surface area contributed by atoms with Crippen molar-refractivity contribution in [1.82, 2.24) is 14.7 Å². The van der Waals surface area contributed by atoms with Crippen LogP contribution in [-0.4, -0.2) is 9.38 Å². The molecule has 2 heterocycles. The van der Waals surface area contributed by atoms with Crippen molar-refractivity contribution < 1.29 is 4.39 Å². The Morgan fingerprint density at radius 1 is 1.15 bits per heavy atom. The summed E-state index contributed by atoms with van der Waals surface area (Å²) < 4.78 is 15.6. The fourth-order valence-corrected chi connectivity index (χ4v) is 2.30. The van der Waals surface area contributed by atoms with Crippen molar-refractivity contribution in [2.24, 2.45) is 0 Å². The molecule has 1 aromatic carbocycles. The average Bonchev–Trinajstić information content (AvgIpc) is 2.86. The molecule has 0 saturated carbocycles. The van der Waals surface area contributed by atoms with E-state index in [-0.39, 0.29) is 5.82 Å². The number of rotatable bonds is 4. The molecule has 0 aliphatic heterocycles. The second-order valence-corrected chi connectivity index (χ2v) is 4.83. The van der Waals surface area contributed by atoms with Crippen molar-refractivity contribution in [1.29, 1.82) is 0 Å². The zero-order chi connectivity index (χ0) is 13.9. The molecule has 0 bridgehead atoms. The van der Waals surface area contributed by atoms with E-state index in [2.05, 4.69) is 14.7 Å². The second-order valence-electron chi connectivity index (χ2n) is 4.83. The van der Waals surface area contributed by atoms with Gasteiger partial charge >= 0.3 is 0 Å². The molecular formula is C16H16FN3. The summed E-state index contributed by atoms with van der Waals surface area (Å²) in [5, 5.41) is 3.26. The SMILES string of the molecule is Cc1cccn2c(CNCc3ccccc3F)cnc12. The number of pyridine rings is 1. The zero-order valence-corrected chi connectivity index (χ0v) is 11.3. The summed E-state index contributed by atoms with van der Waals surface area (Å²) in [7, 11) is 0. The number of hydrogen-bond donors (Lipinski definition) is 1. The highest BCUT2D eigenvalue weighted by Gasteiger charge is 2.05. The number of nitrogens with zero attached hydrogens (tertiary/aromatic N) is 2. The molecular weight excluding hydrogens is 253 g/mol. The Morgan fingerprint density at radius 2 is 2.00 bits per heavy atom. The van der Waals surface area contributed by atoms with Crippen LogP contribution in [0.3, 0.4) is 0 Å². The maximum atomic E-state index is 13.5. The van der Waals surface area contributed by atoms with Gasteiger partial charge in [-0.1, -0.05) is 24.3 Å². The van der Waals surface area contributed by atoms with Gasteiger partial charge in [-0.3, -0.25) is 0 Å². The number of aryl methyl sites for hydroxylation is 1. The molecule has 3 nitrogen and oxygen atoms in total. The van der Waals surface area contributed by atoms with E-state index < -0.39 is 0 Å². The predicted octanol–water partition coefficient (Wildman–Crippen LogP) is 3.07. The third kappa shape index (κ3) is 2.42. The van der Waals surface area contributed by atoms with Gasteiger partial charge in [-0.05, 0) is 24.6 Å². The molecule has 102 valence electrons. The van der Waals surface area contributed by atoms with E-state index >= 15 is 0 Å². The van der Waals surface area contributed by atoms with Crippen LogP contribution in [0.2, 0.25) is 0 Å². The molecule has 0 radical (unpaired) electrons. The topological polar surface area (TPSA) is 29.3 Å². The number of fused-ring (bicyclic) bond motifs is 1. The maximum Gasteiger partial charge on any atom is 0.139 e. The van der Waals surface area contributed by atoms with Gasteiger partial charge in [0.05, 0.1) is 11.9 Å². The number of nitrogens with one attached hydrogen (secondary N) is 1. The highest BCUT2D eigenvalue weighted by molar-refractivity contribution is 5.48. The summed E-state index contributed by atoms with van der Waals surface area (Å²) in [6, 6.07) is 10.9. The molecule has 2 aromatic heterocycles. The van der Waals surface area contributed by atoms with E-state index in [1.165, 1.54) is 6.07 Å². The Kier molecular flexibility index (Phi) is 3.48. The van der Waals surface area contributed by atoms with Crippen LogP contribution in [0.4, 0.5) is 4.39 Å². The molecule has 3 rings (SSSR count). The fourth-order valence-electron chi connectivity index (χ4n) is 2.30. The monoisotopic (exact) mass is 269 g/mol. The first-order valence-electron chi connectivity index (χ1n) is 6.61. The Balaban J connectivity index is 1.72. The average molecular weight is 269 g/mol. The minimum absolute atomic E-state index is 0.172. The summed E-state index contributed by atoms with van der Waals surface area (Å²) >= 11 is 0. The molecule has 0 aliphatic rings. The Labute approximate surface area is 117 Å². The van der Waals surface area contributed by atoms with Crippen molar-refractivity contribution in [3.05, 3.63) is 71.4 Å². The summed E-state index contributed by atoms with van der Waals surface area (Å²) in [5.74, 6) is -0.172. The Morgan fingerprint density at radius 3 is 2.85 bits per heavy atom. The summed E-state index contributed by atoms with van der Waals surface area (Å²) in [4.78, 5) is 4.41. The second kappa shape index (κ2) is 5.43. The number of aromatic nitrogens is 2. The highest BCUT2D eigenvalue weighted by atomic mass is 19.1. The lowest BCUT2D eigenvalue weighted by atomic mass is 10.2. The Bertz CT molecular complexity index is 733. The maximum absolute atomic E-state index is 13.5. The van der Waals surface area contributed by atoms with Crippen molar-refractivity contribution >= 4 is 5.65 Å². The zero-order valence-electron chi connectivity index (χ0n) is 11.3. The van der Waals surface area contributed by atoms with Crippen molar-refractivity contribution in [3.63, 3.8) is 0 Å².